The van der Waals surface area contributed by atoms with Crippen LogP contribution in [-0.2, 0) is 14.8 Å². The van der Waals surface area contributed by atoms with E-state index in [-0.39, 0.29) is 4.90 Å². The standard InChI is InChI=1S/C29H27ClN2O3S/c1-21-15-17-26(18-16-21)36(34,35)32(25-13-8-12-24(30)19-25)20-28(33)31-29(23-10-4-3-5-11-23)27-14-7-6-9-22(27)2/h3-19,29H,20H2,1-2H3,(H,31,33)/t29-/m0/s1. The molecule has 0 heterocycles. The fourth-order valence-corrected chi connectivity index (χ4v) is 5.61. The molecule has 0 saturated carbocycles. The SMILES string of the molecule is Cc1ccc(S(=O)(=O)N(CC(=O)N[C@@H](c2ccccc2)c2ccccc2C)c2cccc(Cl)c2)cc1. The second-order valence-electron chi connectivity index (χ2n) is 8.57. The number of amides is 1. The van der Waals surface area contributed by atoms with Gasteiger partial charge in [-0.25, -0.2) is 8.42 Å². The zero-order valence-corrected chi connectivity index (χ0v) is 21.6. The number of hydrogen-bond donors (Lipinski definition) is 1. The van der Waals surface area contributed by atoms with Crippen LogP contribution in [0.5, 0.6) is 0 Å². The summed E-state index contributed by atoms with van der Waals surface area (Å²) in [6.07, 6.45) is 0. The van der Waals surface area contributed by atoms with E-state index in [1.807, 2.05) is 68.4 Å². The zero-order valence-electron chi connectivity index (χ0n) is 20.1. The van der Waals surface area contributed by atoms with Crippen LogP contribution in [-0.4, -0.2) is 20.9 Å². The number of nitrogens with one attached hydrogen (secondary N) is 1. The lowest BCUT2D eigenvalue weighted by atomic mass is 9.95. The molecule has 0 spiro atoms. The Morgan fingerprint density at radius 3 is 2.19 bits per heavy atom. The van der Waals surface area contributed by atoms with Gasteiger partial charge >= 0.3 is 0 Å². The van der Waals surface area contributed by atoms with Crippen LogP contribution in [0.25, 0.3) is 0 Å². The van der Waals surface area contributed by atoms with Crippen molar-refractivity contribution in [1.82, 2.24) is 5.32 Å². The molecule has 36 heavy (non-hydrogen) atoms. The minimum atomic E-state index is -4.04. The predicted molar refractivity (Wildman–Crippen MR) is 145 cm³/mol. The average Bonchev–Trinajstić information content (AvgIpc) is 2.87. The van der Waals surface area contributed by atoms with Gasteiger partial charge in [0.15, 0.2) is 0 Å². The van der Waals surface area contributed by atoms with Gasteiger partial charge in [-0.15, -0.1) is 0 Å². The molecular formula is C29H27ClN2O3S. The molecular weight excluding hydrogens is 492 g/mol. The van der Waals surface area contributed by atoms with Gasteiger partial charge in [0, 0.05) is 5.02 Å². The van der Waals surface area contributed by atoms with E-state index in [0.29, 0.717) is 10.7 Å². The molecule has 0 aromatic heterocycles. The van der Waals surface area contributed by atoms with Crippen molar-refractivity contribution in [2.75, 3.05) is 10.8 Å². The molecule has 0 aliphatic rings. The van der Waals surface area contributed by atoms with Crippen LogP contribution in [0.2, 0.25) is 5.02 Å². The molecule has 0 fully saturated rings. The Kier molecular flexibility index (Phi) is 7.77. The summed E-state index contributed by atoms with van der Waals surface area (Å²) in [4.78, 5) is 13.6. The summed E-state index contributed by atoms with van der Waals surface area (Å²) in [5, 5.41) is 3.43. The number of anilines is 1. The fourth-order valence-electron chi connectivity index (χ4n) is 4.02. The summed E-state index contributed by atoms with van der Waals surface area (Å²) in [5.74, 6) is -0.442. The van der Waals surface area contributed by atoms with E-state index >= 15 is 0 Å². The third-order valence-corrected chi connectivity index (χ3v) is 7.95. The average molecular weight is 519 g/mol. The molecule has 184 valence electrons. The quantitative estimate of drug-likeness (QED) is 0.308. The van der Waals surface area contributed by atoms with Crippen molar-refractivity contribution in [3.8, 4) is 0 Å². The molecule has 1 amide bonds. The molecule has 0 aliphatic carbocycles. The van der Waals surface area contributed by atoms with Crippen LogP contribution in [0, 0.1) is 13.8 Å². The lowest BCUT2D eigenvalue weighted by Gasteiger charge is -2.27. The Morgan fingerprint density at radius 1 is 0.861 bits per heavy atom. The molecule has 5 nitrogen and oxygen atoms in total. The smallest absolute Gasteiger partial charge is 0.264 e. The summed E-state index contributed by atoms with van der Waals surface area (Å²) < 4.78 is 28.4. The first-order valence-corrected chi connectivity index (χ1v) is 13.3. The van der Waals surface area contributed by atoms with Gasteiger partial charge in [0.05, 0.1) is 16.6 Å². The van der Waals surface area contributed by atoms with Crippen molar-refractivity contribution in [3.63, 3.8) is 0 Å². The van der Waals surface area contributed by atoms with Crippen LogP contribution in [0.3, 0.4) is 0 Å². The maximum atomic E-state index is 13.7. The lowest BCUT2D eigenvalue weighted by Crippen LogP contribution is -2.42. The van der Waals surface area contributed by atoms with E-state index in [2.05, 4.69) is 5.32 Å². The number of nitrogens with zero attached hydrogens (tertiary/aromatic N) is 1. The number of rotatable bonds is 8. The first-order chi connectivity index (χ1) is 17.3. The largest absolute Gasteiger partial charge is 0.344 e. The molecule has 4 aromatic rings. The number of halogens is 1. The number of sulfonamides is 1. The Morgan fingerprint density at radius 2 is 1.53 bits per heavy atom. The summed E-state index contributed by atoms with van der Waals surface area (Å²) >= 11 is 6.18. The van der Waals surface area contributed by atoms with Gasteiger partial charge < -0.3 is 5.32 Å². The zero-order chi connectivity index (χ0) is 25.7. The molecule has 7 heteroatoms. The molecule has 4 aromatic carbocycles. The second-order valence-corrected chi connectivity index (χ2v) is 10.9. The van der Waals surface area contributed by atoms with Crippen molar-refractivity contribution < 1.29 is 13.2 Å². The van der Waals surface area contributed by atoms with Crippen molar-refractivity contribution in [2.45, 2.75) is 24.8 Å². The van der Waals surface area contributed by atoms with Crippen molar-refractivity contribution in [2.24, 2.45) is 0 Å². The van der Waals surface area contributed by atoms with Crippen LogP contribution >= 0.6 is 11.6 Å². The molecule has 0 bridgehead atoms. The maximum Gasteiger partial charge on any atom is 0.264 e. The van der Waals surface area contributed by atoms with Gasteiger partial charge in [-0.3, -0.25) is 9.10 Å². The predicted octanol–water partition coefficient (Wildman–Crippen LogP) is 6.06. The highest BCUT2D eigenvalue weighted by Crippen LogP contribution is 2.28. The van der Waals surface area contributed by atoms with Crippen LogP contribution in [0.15, 0.2) is 108 Å². The number of hydrogen-bond acceptors (Lipinski definition) is 3. The Labute approximate surface area is 217 Å². The van der Waals surface area contributed by atoms with Crippen molar-refractivity contribution in [3.05, 3.63) is 130 Å². The Hall–Kier alpha value is -3.61. The highest BCUT2D eigenvalue weighted by atomic mass is 35.5. The van der Waals surface area contributed by atoms with Crippen molar-refractivity contribution in [1.29, 1.82) is 0 Å². The summed E-state index contributed by atoms with van der Waals surface area (Å²) in [6, 6.07) is 30.0. The van der Waals surface area contributed by atoms with E-state index in [0.717, 1.165) is 26.6 Å². The summed E-state index contributed by atoms with van der Waals surface area (Å²) in [5.41, 5.74) is 4.10. The lowest BCUT2D eigenvalue weighted by molar-refractivity contribution is -0.120. The van der Waals surface area contributed by atoms with Crippen molar-refractivity contribution >= 4 is 33.2 Å². The third kappa shape index (κ3) is 5.78. The summed E-state index contributed by atoms with van der Waals surface area (Å²) in [6.45, 7) is 3.46. The van der Waals surface area contributed by atoms with Gasteiger partial charge in [0.2, 0.25) is 5.91 Å². The van der Waals surface area contributed by atoms with Gasteiger partial charge in [-0.2, -0.15) is 0 Å². The highest BCUT2D eigenvalue weighted by molar-refractivity contribution is 7.92. The number of carbonyl (C=O) groups is 1. The minimum Gasteiger partial charge on any atom is -0.344 e. The topological polar surface area (TPSA) is 66.5 Å². The van der Waals surface area contributed by atoms with E-state index in [1.54, 1.807) is 42.5 Å². The first kappa shape index (κ1) is 25.5. The molecule has 0 aliphatic heterocycles. The Balaban J connectivity index is 1.70. The van der Waals surface area contributed by atoms with Gasteiger partial charge in [0.1, 0.15) is 6.54 Å². The van der Waals surface area contributed by atoms with Crippen LogP contribution in [0.4, 0.5) is 5.69 Å². The molecule has 4 rings (SSSR count). The Bertz CT molecular complexity index is 1460. The fraction of sp³-hybridized carbons (Fsp3) is 0.138. The van der Waals surface area contributed by atoms with Crippen LogP contribution in [0.1, 0.15) is 28.3 Å². The molecule has 0 unspecified atom stereocenters. The number of carbonyl (C=O) groups excluding carboxylic acids is 1. The van der Waals surface area contributed by atoms with Crippen LogP contribution < -0.4 is 9.62 Å². The van der Waals surface area contributed by atoms with Gasteiger partial charge in [-0.1, -0.05) is 90.0 Å². The van der Waals surface area contributed by atoms with Gasteiger partial charge in [0.25, 0.3) is 10.0 Å². The molecule has 0 saturated heterocycles. The van der Waals surface area contributed by atoms with E-state index in [4.69, 9.17) is 11.6 Å². The summed E-state index contributed by atoms with van der Waals surface area (Å²) in [7, 11) is -4.04. The van der Waals surface area contributed by atoms with E-state index in [1.165, 1.54) is 6.07 Å². The molecule has 1 atom stereocenters. The van der Waals surface area contributed by atoms with E-state index in [9.17, 15) is 13.2 Å². The number of aryl methyl sites for hydroxylation is 2. The molecule has 0 radical (unpaired) electrons. The first-order valence-electron chi connectivity index (χ1n) is 11.5. The van der Waals surface area contributed by atoms with E-state index < -0.39 is 28.5 Å². The maximum absolute atomic E-state index is 13.7. The highest BCUT2D eigenvalue weighted by Gasteiger charge is 2.29. The van der Waals surface area contributed by atoms with Gasteiger partial charge in [-0.05, 0) is 60.9 Å². The minimum absolute atomic E-state index is 0.0967. The monoisotopic (exact) mass is 518 g/mol. The third-order valence-electron chi connectivity index (χ3n) is 5.93. The second kappa shape index (κ2) is 11.0. The normalized spacial score (nSPS) is 12.1. The molecule has 1 N–H and O–H groups in total. The number of benzene rings is 4.